The molecule has 4 rings (SSSR count). The van der Waals surface area contributed by atoms with Crippen LogP contribution in [0.1, 0.15) is 16.1 Å². The van der Waals surface area contributed by atoms with Crippen LogP contribution in [0.4, 0.5) is 10.1 Å². The highest BCUT2D eigenvalue weighted by Crippen LogP contribution is 2.22. The molecule has 6 heteroatoms. The van der Waals surface area contributed by atoms with Crippen molar-refractivity contribution < 1.29 is 9.18 Å². The van der Waals surface area contributed by atoms with E-state index in [4.69, 9.17) is 0 Å². The first kappa shape index (κ1) is 16.1. The average molecular weight is 348 g/mol. The number of hydrogen-bond acceptors (Lipinski definition) is 2. The number of carbonyl (C=O) groups excluding carboxylic acids is 1. The maximum Gasteiger partial charge on any atom is 0.272 e. The number of fused-ring (bicyclic) bond motifs is 1. The van der Waals surface area contributed by atoms with Crippen LogP contribution in [0.3, 0.4) is 0 Å². The van der Waals surface area contributed by atoms with Crippen LogP contribution in [0.15, 0.2) is 67.0 Å². The number of aryl methyl sites for hydroxylation is 1. The second-order valence-corrected chi connectivity index (χ2v) is 6.13. The fourth-order valence-electron chi connectivity index (χ4n) is 3.02. The van der Waals surface area contributed by atoms with Gasteiger partial charge in [0.25, 0.3) is 5.91 Å². The Morgan fingerprint density at radius 2 is 1.96 bits per heavy atom. The van der Waals surface area contributed by atoms with E-state index in [1.807, 2.05) is 30.3 Å². The fraction of sp³-hybridized carbons (Fsp3) is 0.100. The summed E-state index contributed by atoms with van der Waals surface area (Å²) >= 11 is 0. The third-order valence-electron chi connectivity index (χ3n) is 4.34. The highest BCUT2D eigenvalue weighted by molar-refractivity contribution is 6.06. The Hall–Kier alpha value is -3.41. The van der Waals surface area contributed by atoms with Crippen LogP contribution in [-0.2, 0) is 13.6 Å². The largest absolute Gasteiger partial charge is 0.340 e. The normalized spacial score (nSPS) is 11.0. The second-order valence-electron chi connectivity index (χ2n) is 6.13. The first-order valence-electron chi connectivity index (χ1n) is 8.23. The molecule has 2 aromatic heterocycles. The van der Waals surface area contributed by atoms with Gasteiger partial charge in [0.05, 0.1) is 23.9 Å². The van der Waals surface area contributed by atoms with Crippen molar-refractivity contribution in [1.29, 1.82) is 0 Å². The summed E-state index contributed by atoms with van der Waals surface area (Å²) in [6, 6.07) is 16.3. The van der Waals surface area contributed by atoms with E-state index < -0.39 is 0 Å². The molecule has 5 nitrogen and oxygen atoms in total. The lowest BCUT2D eigenvalue weighted by atomic mass is 10.2. The lowest BCUT2D eigenvalue weighted by Gasteiger charge is -2.04. The van der Waals surface area contributed by atoms with Gasteiger partial charge in [-0.3, -0.25) is 9.48 Å². The molecule has 0 atom stereocenters. The van der Waals surface area contributed by atoms with E-state index in [0.29, 0.717) is 28.8 Å². The van der Waals surface area contributed by atoms with Gasteiger partial charge in [-0.15, -0.1) is 0 Å². The number of halogens is 1. The van der Waals surface area contributed by atoms with Crippen LogP contribution in [0.2, 0.25) is 0 Å². The van der Waals surface area contributed by atoms with Gasteiger partial charge in [0.2, 0.25) is 0 Å². The van der Waals surface area contributed by atoms with Crippen molar-refractivity contribution in [2.24, 2.45) is 7.05 Å². The maximum absolute atomic E-state index is 13.9. The predicted molar refractivity (Wildman–Crippen MR) is 98.6 cm³/mol. The van der Waals surface area contributed by atoms with E-state index in [-0.39, 0.29) is 11.7 Å². The van der Waals surface area contributed by atoms with E-state index >= 15 is 0 Å². The molecule has 0 bridgehead atoms. The van der Waals surface area contributed by atoms with Gasteiger partial charge in [-0.25, -0.2) is 4.39 Å². The minimum atomic E-state index is -0.340. The Balaban J connectivity index is 1.54. The molecule has 0 aliphatic rings. The van der Waals surface area contributed by atoms with E-state index in [1.165, 1.54) is 6.07 Å². The van der Waals surface area contributed by atoms with Crippen molar-refractivity contribution in [2.45, 2.75) is 6.54 Å². The first-order valence-corrected chi connectivity index (χ1v) is 8.23. The van der Waals surface area contributed by atoms with Crippen LogP contribution >= 0.6 is 0 Å². The number of nitrogens with one attached hydrogen (secondary N) is 1. The quantitative estimate of drug-likeness (QED) is 0.610. The molecule has 130 valence electrons. The first-order chi connectivity index (χ1) is 12.6. The Labute approximate surface area is 149 Å². The van der Waals surface area contributed by atoms with Crippen LogP contribution in [0.5, 0.6) is 0 Å². The zero-order chi connectivity index (χ0) is 18.1. The van der Waals surface area contributed by atoms with Crippen molar-refractivity contribution >= 4 is 22.5 Å². The van der Waals surface area contributed by atoms with E-state index in [1.54, 1.807) is 46.9 Å². The highest BCUT2D eigenvalue weighted by atomic mass is 19.1. The number of amides is 1. The molecule has 0 spiro atoms. The van der Waals surface area contributed by atoms with Gasteiger partial charge in [0.15, 0.2) is 0 Å². The average Bonchev–Trinajstić information content (AvgIpc) is 3.21. The van der Waals surface area contributed by atoms with Crippen LogP contribution in [0.25, 0.3) is 10.9 Å². The SMILES string of the molecule is Cn1c(C(=O)Nc2cnn(Cc3ccccc3)c2)cc2c(F)cccc21. The summed E-state index contributed by atoms with van der Waals surface area (Å²) in [5.74, 6) is -0.643. The van der Waals surface area contributed by atoms with Crippen molar-refractivity contribution in [2.75, 3.05) is 5.32 Å². The summed E-state index contributed by atoms with van der Waals surface area (Å²) in [7, 11) is 1.75. The summed E-state index contributed by atoms with van der Waals surface area (Å²) in [5, 5.41) is 7.52. The minimum Gasteiger partial charge on any atom is -0.340 e. The standard InChI is InChI=1S/C20H17FN4O/c1-24-18-9-5-8-17(21)16(18)10-19(24)20(26)23-15-11-22-25(13-15)12-14-6-3-2-4-7-14/h2-11,13H,12H2,1H3,(H,23,26). The van der Waals surface area contributed by atoms with E-state index in [2.05, 4.69) is 10.4 Å². The molecule has 2 heterocycles. The molecule has 4 aromatic rings. The number of hydrogen-bond donors (Lipinski definition) is 1. The molecule has 0 fully saturated rings. The maximum atomic E-state index is 13.9. The highest BCUT2D eigenvalue weighted by Gasteiger charge is 2.16. The zero-order valence-electron chi connectivity index (χ0n) is 14.2. The Bertz CT molecular complexity index is 1080. The van der Waals surface area contributed by atoms with Crippen molar-refractivity contribution in [1.82, 2.24) is 14.3 Å². The van der Waals surface area contributed by atoms with Crippen LogP contribution in [-0.4, -0.2) is 20.3 Å². The van der Waals surface area contributed by atoms with Gasteiger partial charge in [0.1, 0.15) is 11.5 Å². The topological polar surface area (TPSA) is 51.9 Å². The van der Waals surface area contributed by atoms with E-state index in [9.17, 15) is 9.18 Å². The van der Waals surface area contributed by atoms with Crippen molar-refractivity contribution in [3.05, 3.63) is 84.1 Å². The van der Waals surface area contributed by atoms with Crippen molar-refractivity contribution in [3.63, 3.8) is 0 Å². The lowest BCUT2D eigenvalue weighted by Crippen LogP contribution is -2.15. The number of rotatable bonds is 4. The van der Waals surface area contributed by atoms with Crippen LogP contribution < -0.4 is 5.32 Å². The minimum absolute atomic E-state index is 0.303. The molecular weight excluding hydrogens is 331 g/mol. The predicted octanol–water partition coefficient (Wildman–Crippen LogP) is 3.81. The molecule has 0 saturated carbocycles. The molecule has 26 heavy (non-hydrogen) atoms. The van der Waals surface area contributed by atoms with Gasteiger partial charge in [-0.05, 0) is 23.8 Å². The zero-order valence-corrected chi connectivity index (χ0v) is 14.2. The molecule has 0 saturated heterocycles. The Morgan fingerprint density at radius 1 is 1.15 bits per heavy atom. The summed E-state index contributed by atoms with van der Waals surface area (Å²) in [5.41, 5.74) is 2.78. The molecule has 0 unspecified atom stereocenters. The summed E-state index contributed by atoms with van der Waals surface area (Å²) in [4.78, 5) is 12.6. The molecular formula is C20H17FN4O. The van der Waals surface area contributed by atoms with Gasteiger partial charge >= 0.3 is 0 Å². The van der Waals surface area contributed by atoms with Gasteiger partial charge < -0.3 is 9.88 Å². The number of carbonyl (C=O) groups is 1. The number of benzene rings is 2. The van der Waals surface area contributed by atoms with Crippen molar-refractivity contribution in [3.8, 4) is 0 Å². The van der Waals surface area contributed by atoms with Crippen LogP contribution in [0, 0.1) is 5.82 Å². The Kier molecular flexibility index (Phi) is 4.01. The summed E-state index contributed by atoms with van der Waals surface area (Å²) in [6.07, 6.45) is 3.37. The fourth-order valence-corrected chi connectivity index (χ4v) is 3.02. The summed E-state index contributed by atoms with van der Waals surface area (Å²) in [6.45, 7) is 0.621. The molecule has 0 aliphatic heterocycles. The van der Waals surface area contributed by atoms with E-state index in [0.717, 1.165) is 5.56 Å². The Morgan fingerprint density at radius 3 is 2.73 bits per heavy atom. The molecule has 1 N–H and O–H groups in total. The number of aromatic nitrogens is 3. The van der Waals surface area contributed by atoms with Gasteiger partial charge in [0, 0.05) is 18.6 Å². The summed E-state index contributed by atoms with van der Waals surface area (Å²) < 4.78 is 17.4. The lowest BCUT2D eigenvalue weighted by molar-refractivity contribution is 0.101. The molecule has 0 radical (unpaired) electrons. The molecule has 1 amide bonds. The smallest absolute Gasteiger partial charge is 0.272 e. The number of anilines is 1. The number of nitrogens with zero attached hydrogens (tertiary/aromatic N) is 3. The third-order valence-corrected chi connectivity index (χ3v) is 4.34. The molecule has 2 aromatic carbocycles. The van der Waals surface area contributed by atoms with Gasteiger partial charge in [-0.1, -0.05) is 36.4 Å². The monoisotopic (exact) mass is 348 g/mol. The van der Waals surface area contributed by atoms with Gasteiger partial charge in [-0.2, -0.15) is 5.10 Å². The third kappa shape index (κ3) is 2.97. The molecule has 0 aliphatic carbocycles. The second kappa shape index (κ2) is 6.48.